The molecule has 94 valence electrons. The fraction of sp³-hybridized carbons (Fsp3) is 0.455. The third kappa shape index (κ3) is 2.02. The lowest BCUT2D eigenvalue weighted by Gasteiger charge is -2.43. The highest BCUT2D eigenvalue weighted by molar-refractivity contribution is 5.35. The summed E-state index contributed by atoms with van der Waals surface area (Å²) in [6.07, 6.45) is -5.26. The van der Waals surface area contributed by atoms with Gasteiger partial charge < -0.3 is 10.8 Å². The first kappa shape index (κ1) is 12.3. The molecule has 6 heteroatoms. The fourth-order valence-electron chi connectivity index (χ4n) is 2.14. The summed E-state index contributed by atoms with van der Waals surface area (Å²) in [4.78, 5) is 0. The second-order valence-corrected chi connectivity index (χ2v) is 4.38. The van der Waals surface area contributed by atoms with Gasteiger partial charge in [-0.3, -0.25) is 0 Å². The molecule has 0 amide bonds. The number of rotatable bonds is 1. The Morgan fingerprint density at radius 1 is 1.29 bits per heavy atom. The number of hydrogen-bond acceptors (Lipinski definition) is 2. The Morgan fingerprint density at radius 2 is 1.88 bits per heavy atom. The lowest BCUT2D eigenvalue weighted by atomic mass is 9.70. The third-order valence-corrected chi connectivity index (χ3v) is 3.04. The number of aliphatic hydroxyl groups excluding tert-OH is 1. The minimum atomic E-state index is -4.74. The first-order valence-electron chi connectivity index (χ1n) is 5.07. The molecule has 1 saturated carbocycles. The Balaban J connectivity index is 2.44. The van der Waals surface area contributed by atoms with E-state index < -0.39 is 29.2 Å². The molecular formula is C11H11F4NO. The van der Waals surface area contributed by atoms with Gasteiger partial charge in [-0.25, -0.2) is 4.39 Å². The number of hydrogen-bond donors (Lipinski definition) is 2. The van der Waals surface area contributed by atoms with Gasteiger partial charge in [0.25, 0.3) is 0 Å². The van der Waals surface area contributed by atoms with Crippen LogP contribution in [0.5, 0.6) is 0 Å². The van der Waals surface area contributed by atoms with Gasteiger partial charge in [0.2, 0.25) is 0 Å². The van der Waals surface area contributed by atoms with Crippen molar-refractivity contribution in [1.82, 2.24) is 0 Å². The zero-order valence-corrected chi connectivity index (χ0v) is 8.76. The quantitative estimate of drug-likeness (QED) is 0.749. The molecule has 0 aromatic heterocycles. The summed E-state index contributed by atoms with van der Waals surface area (Å²) in [6.45, 7) is 0. The summed E-state index contributed by atoms with van der Waals surface area (Å²) >= 11 is 0. The normalized spacial score (nSPS) is 28.9. The molecule has 1 fully saturated rings. The molecule has 0 heterocycles. The van der Waals surface area contributed by atoms with Gasteiger partial charge in [-0.15, -0.1) is 0 Å². The van der Waals surface area contributed by atoms with Gasteiger partial charge >= 0.3 is 6.18 Å². The summed E-state index contributed by atoms with van der Waals surface area (Å²) < 4.78 is 51.2. The molecule has 1 aromatic rings. The molecule has 0 unspecified atom stereocenters. The Labute approximate surface area is 95.0 Å². The molecule has 3 N–H and O–H groups in total. The van der Waals surface area contributed by atoms with Crippen molar-refractivity contribution < 1.29 is 22.7 Å². The van der Waals surface area contributed by atoms with Crippen molar-refractivity contribution in [3.05, 3.63) is 35.1 Å². The van der Waals surface area contributed by atoms with Crippen LogP contribution >= 0.6 is 0 Å². The third-order valence-electron chi connectivity index (χ3n) is 3.04. The molecular weight excluding hydrogens is 238 g/mol. The fourth-order valence-corrected chi connectivity index (χ4v) is 2.14. The molecule has 1 aliphatic carbocycles. The first-order valence-corrected chi connectivity index (χ1v) is 5.07. The van der Waals surface area contributed by atoms with Crippen LogP contribution in [0.4, 0.5) is 17.6 Å². The van der Waals surface area contributed by atoms with Crippen molar-refractivity contribution in [2.24, 2.45) is 5.73 Å². The maximum atomic E-state index is 13.7. The second kappa shape index (κ2) is 3.68. The van der Waals surface area contributed by atoms with E-state index >= 15 is 0 Å². The van der Waals surface area contributed by atoms with Crippen LogP contribution < -0.4 is 5.73 Å². The summed E-state index contributed by atoms with van der Waals surface area (Å²) in [5.74, 6) is -1.34. The van der Waals surface area contributed by atoms with E-state index in [9.17, 15) is 17.6 Å². The van der Waals surface area contributed by atoms with Crippen LogP contribution in [0.2, 0.25) is 0 Å². The predicted octanol–water partition coefficient (Wildman–Crippen LogP) is 2.15. The van der Waals surface area contributed by atoms with Crippen molar-refractivity contribution in [3.8, 4) is 0 Å². The highest BCUT2D eigenvalue weighted by Gasteiger charge is 2.45. The van der Waals surface area contributed by atoms with E-state index in [1.807, 2.05) is 0 Å². The van der Waals surface area contributed by atoms with E-state index in [0.29, 0.717) is 6.07 Å². The van der Waals surface area contributed by atoms with E-state index in [4.69, 9.17) is 10.8 Å². The van der Waals surface area contributed by atoms with Crippen molar-refractivity contribution in [2.75, 3.05) is 0 Å². The highest BCUT2D eigenvalue weighted by atomic mass is 19.4. The van der Waals surface area contributed by atoms with Gasteiger partial charge in [-0.2, -0.15) is 13.2 Å². The molecule has 1 aromatic carbocycles. The van der Waals surface area contributed by atoms with E-state index in [2.05, 4.69) is 0 Å². The van der Waals surface area contributed by atoms with Gasteiger partial charge in [-0.1, -0.05) is 12.1 Å². The van der Waals surface area contributed by atoms with Crippen LogP contribution in [0.1, 0.15) is 24.0 Å². The van der Waals surface area contributed by atoms with Crippen LogP contribution in [-0.4, -0.2) is 11.2 Å². The summed E-state index contributed by atoms with van der Waals surface area (Å²) in [7, 11) is 0. The van der Waals surface area contributed by atoms with Crippen LogP contribution in [-0.2, 0) is 11.7 Å². The number of nitrogens with two attached hydrogens (primary N) is 1. The largest absolute Gasteiger partial charge is 0.419 e. The molecule has 0 bridgehead atoms. The Bertz CT molecular complexity index is 438. The molecule has 17 heavy (non-hydrogen) atoms. The molecule has 2 nitrogen and oxygen atoms in total. The van der Waals surface area contributed by atoms with Crippen LogP contribution in [0, 0.1) is 5.82 Å². The molecule has 0 saturated heterocycles. The Morgan fingerprint density at radius 3 is 2.35 bits per heavy atom. The van der Waals surface area contributed by atoms with Gasteiger partial charge in [0.15, 0.2) is 0 Å². The summed E-state index contributed by atoms with van der Waals surface area (Å²) in [5.41, 5.74) is 3.07. The minimum Gasteiger partial charge on any atom is -0.393 e. The molecule has 0 radical (unpaired) electrons. The minimum absolute atomic E-state index is 0.0746. The number of halogens is 4. The number of benzene rings is 1. The maximum Gasteiger partial charge on any atom is 0.419 e. The van der Waals surface area contributed by atoms with Crippen molar-refractivity contribution in [1.29, 1.82) is 0 Å². The first-order chi connectivity index (χ1) is 7.74. The predicted molar refractivity (Wildman–Crippen MR) is 52.5 cm³/mol. The molecule has 0 aliphatic heterocycles. The Hall–Kier alpha value is -1.14. The topological polar surface area (TPSA) is 46.2 Å². The molecule has 0 atom stereocenters. The van der Waals surface area contributed by atoms with E-state index in [1.54, 1.807) is 0 Å². The Kier molecular flexibility index (Phi) is 2.67. The standard InChI is InChI=1S/C11H11F4NO/c12-9-7(10(16)4-6(17)5-10)2-1-3-8(9)11(13,14)15/h1-3,6,17H,4-5,16H2. The van der Waals surface area contributed by atoms with Crippen LogP contribution in [0.15, 0.2) is 18.2 Å². The maximum absolute atomic E-state index is 13.7. The average molecular weight is 249 g/mol. The SMILES string of the molecule is NC1(c2cccc(C(F)(F)F)c2F)CC(O)C1. The van der Waals surface area contributed by atoms with Crippen LogP contribution in [0.3, 0.4) is 0 Å². The summed E-state index contributed by atoms with van der Waals surface area (Å²) in [5, 5.41) is 9.14. The van der Waals surface area contributed by atoms with Crippen molar-refractivity contribution in [3.63, 3.8) is 0 Å². The molecule has 2 rings (SSSR count). The van der Waals surface area contributed by atoms with Gasteiger partial charge in [0.1, 0.15) is 5.82 Å². The lowest BCUT2D eigenvalue weighted by Crippen LogP contribution is -2.52. The van der Waals surface area contributed by atoms with Crippen molar-refractivity contribution in [2.45, 2.75) is 30.7 Å². The zero-order valence-electron chi connectivity index (χ0n) is 8.76. The molecule has 1 aliphatic rings. The van der Waals surface area contributed by atoms with E-state index in [1.165, 1.54) is 6.07 Å². The number of aliphatic hydroxyl groups is 1. The zero-order chi connectivity index (χ0) is 12.8. The number of alkyl halides is 3. The van der Waals surface area contributed by atoms with E-state index in [0.717, 1.165) is 6.07 Å². The smallest absolute Gasteiger partial charge is 0.393 e. The highest BCUT2D eigenvalue weighted by Crippen LogP contribution is 2.42. The van der Waals surface area contributed by atoms with Gasteiger partial charge in [0.05, 0.1) is 11.7 Å². The summed E-state index contributed by atoms with van der Waals surface area (Å²) in [6, 6.07) is 3.04. The second-order valence-electron chi connectivity index (χ2n) is 4.38. The van der Waals surface area contributed by atoms with Crippen LogP contribution in [0.25, 0.3) is 0 Å². The van der Waals surface area contributed by atoms with Crippen molar-refractivity contribution >= 4 is 0 Å². The van der Waals surface area contributed by atoms with Gasteiger partial charge in [0, 0.05) is 11.1 Å². The molecule has 0 spiro atoms. The average Bonchev–Trinajstić information content (AvgIpc) is 2.13. The monoisotopic (exact) mass is 249 g/mol. The van der Waals surface area contributed by atoms with Gasteiger partial charge in [-0.05, 0) is 18.9 Å². The lowest BCUT2D eigenvalue weighted by molar-refractivity contribution is -0.140. The van der Waals surface area contributed by atoms with E-state index in [-0.39, 0.29) is 18.4 Å².